The maximum atomic E-state index is 11.2. The topological polar surface area (TPSA) is 100 Å². The molecule has 2 heterocycles. The van der Waals surface area contributed by atoms with E-state index in [-0.39, 0.29) is 17.3 Å². The van der Waals surface area contributed by atoms with Crippen LogP contribution in [-0.4, -0.2) is 54.1 Å². The van der Waals surface area contributed by atoms with Gasteiger partial charge in [0.1, 0.15) is 5.82 Å². The highest BCUT2D eigenvalue weighted by Crippen LogP contribution is 2.13. The molecule has 0 bridgehead atoms. The van der Waals surface area contributed by atoms with Gasteiger partial charge in [-0.25, -0.2) is 23.2 Å². The quantitative estimate of drug-likeness (QED) is 0.755. The minimum atomic E-state index is -2.95. The summed E-state index contributed by atoms with van der Waals surface area (Å²) in [6.07, 6.45) is 1.36. The van der Waals surface area contributed by atoms with Crippen molar-refractivity contribution in [3.05, 3.63) is 18.1 Å². The standard InChI is InChI=1S/C9H11N3O4S/c13-9(14)8-10-2-1-7(11-8)12-3-5-17(15,16)6-4-12/h1-2H,3-6H2,(H,13,14). The van der Waals surface area contributed by atoms with E-state index in [4.69, 9.17) is 5.11 Å². The second kappa shape index (κ2) is 4.28. The van der Waals surface area contributed by atoms with Crippen LogP contribution in [0, 0.1) is 0 Å². The Bertz CT molecular complexity index is 529. The fraction of sp³-hybridized carbons (Fsp3) is 0.444. The Morgan fingerprint density at radius 3 is 2.59 bits per heavy atom. The molecule has 1 fully saturated rings. The third-order valence-corrected chi connectivity index (χ3v) is 4.11. The van der Waals surface area contributed by atoms with Crippen LogP contribution in [0.15, 0.2) is 12.3 Å². The summed E-state index contributed by atoms with van der Waals surface area (Å²) in [6.45, 7) is 0.664. The predicted octanol–water partition coefficient (Wildman–Crippen LogP) is -0.590. The number of nitrogens with zero attached hydrogens (tertiary/aromatic N) is 3. The zero-order valence-electron chi connectivity index (χ0n) is 8.90. The first-order chi connectivity index (χ1) is 7.98. The van der Waals surface area contributed by atoms with E-state index in [0.717, 1.165) is 0 Å². The normalized spacial score (nSPS) is 18.9. The Labute approximate surface area is 98.0 Å². The zero-order valence-corrected chi connectivity index (χ0v) is 9.72. The number of hydrogen-bond donors (Lipinski definition) is 1. The number of sulfone groups is 1. The Balaban J connectivity index is 2.18. The molecule has 17 heavy (non-hydrogen) atoms. The number of hydrogen-bond acceptors (Lipinski definition) is 6. The van der Waals surface area contributed by atoms with Gasteiger partial charge in [0.25, 0.3) is 0 Å². The van der Waals surface area contributed by atoms with E-state index in [1.807, 2.05) is 0 Å². The second-order valence-electron chi connectivity index (χ2n) is 3.68. The molecule has 0 spiro atoms. The Kier molecular flexibility index (Phi) is 2.97. The Morgan fingerprint density at radius 1 is 1.35 bits per heavy atom. The van der Waals surface area contributed by atoms with Crippen LogP contribution in [0.2, 0.25) is 0 Å². The van der Waals surface area contributed by atoms with E-state index in [0.29, 0.717) is 18.9 Å². The lowest BCUT2D eigenvalue weighted by molar-refractivity contribution is 0.0683. The van der Waals surface area contributed by atoms with Crippen LogP contribution < -0.4 is 4.90 Å². The third kappa shape index (κ3) is 2.70. The highest BCUT2D eigenvalue weighted by molar-refractivity contribution is 7.91. The molecule has 2 rings (SSSR count). The average molecular weight is 257 g/mol. The molecule has 1 aromatic rings. The van der Waals surface area contributed by atoms with Gasteiger partial charge in [-0.3, -0.25) is 0 Å². The van der Waals surface area contributed by atoms with Crippen LogP contribution in [0.25, 0.3) is 0 Å². The van der Waals surface area contributed by atoms with Gasteiger partial charge in [0, 0.05) is 19.3 Å². The van der Waals surface area contributed by atoms with Gasteiger partial charge in [-0.15, -0.1) is 0 Å². The van der Waals surface area contributed by atoms with Gasteiger partial charge in [-0.2, -0.15) is 0 Å². The lowest BCUT2D eigenvalue weighted by Crippen LogP contribution is -2.40. The molecule has 1 aliphatic heterocycles. The Morgan fingerprint density at radius 2 is 2.00 bits per heavy atom. The molecule has 1 N–H and O–H groups in total. The lowest BCUT2D eigenvalue weighted by Gasteiger charge is -2.27. The van der Waals surface area contributed by atoms with Crippen LogP contribution in [-0.2, 0) is 9.84 Å². The number of aromatic carboxylic acids is 1. The van der Waals surface area contributed by atoms with Crippen molar-refractivity contribution in [2.24, 2.45) is 0 Å². The molecular weight excluding hydrogens is 246 g/mol. The number of aromatic nitrogens is 2. The third-order valence-electron chi connectivity index (χ3n) is 2.50. The molecule has 1 aromatic heterocycles. The van der Waals surface area contributed by atoms with Crippen LogP contribution in [0.5, 0.6) is 0 Å². The maximum absolute atomic E-state index is 11.2. The summed E-state index contributed by atoms with van der Waals surface area (Å²) >= 11 is 0. The van der Waals surface area contributed by atoms with E-state index in [1.54, 1.807) is 11.0 Å². The minimum Gasteiger partial charge on any atom is -0.475 e. The largest absolute Gasteiger partial charge is 0.475 e. The molecule has 7 nitrogen and oxygen atoms in total. The fourth-order valence-electron chi connectivity index (χ4n) is 1.57. The monoisotopic (exact) mass is 257 g/mol. The molecule has 0 aliphatic carbocycles. The smallest absolute Gasteiger partial charge is 0.374 e. The summed E-state index contributed by atoms with van der Waals surface area (Å²) in [5, 5.41) is 8.75. The van der Waals surface area contributed by atoms with E-state index in [9.17, 15) is 13.2 Å². The molecule has 0 amide bonds. The number of carboxylic acids is 1. The summed E-state index contributed by atoms with van der Waals surface area (Å²) < 4.78 is 22.5. The van der Waals surface area contributed by atoms with Crippen LogP contribution in [0.3, 0.4) is 0 Å². The molecular formula is C9H11N3O4S. The van der Waals surface area contributed by atoms with Gasteiger partial charge in [-0.05, 0) is 6.07 Å². The van der Waals surface area contributed by atoms with Crippen molar-refractivity contribution >= 4 is 21.6 Å². The summed E-state index contributed by atoms with van der Waals surface area (Å²) in [6, 6.07) is 1.57. The molecule has 8 heteroatoms. The van der Waals surface area contributed by atoms with Crippen LogP contribution >= 0.6 is 0 Å². The highest BCUT2D eigenvalue weighted by Gasteiger charge is 2.23. The van der Waals surface area contributed by atoms with Crippen molar-refractivity contribution in [2.75, 3.05) is 29.5 Å². The van der Waals surface area contributed by atoms with Crippen molar-refractivity contribution < 1.29 is 18.3 Å². The van der Waals surface area contributed by atoms with Crippen molar-refractivity contribution in [2.45, 2.75) is 0 Å². The zero-order chi connectivity index (χ0) is 12.5. The van der Waals surface area contributed by atoms with E-state index >= 15 is 0 Å². The molecule has 0 unspecified atom stereocenters. The van der Waals surface area contributed by atoms with E-state index in [2.05, 4.69) is 9.97 Å². The van der Waals surface area contributed by atoms with Crippen molar-refractivity contribution in [3.63, 3.8) is 0 Å². The number of carboxylic acid groups (broad SMARTS) is 1. The first kappa shape index (κ1) is 11.8. The molecule has 0 radical (unpaired) electrons. The van der Waals surface area contributed by atoms with Crippen LogP contribution in [0.4, 0.5) is 5.82 Å². The summed E-state index contributed by atoms with van der Waals surface area (Å²) in [7, 11) is -2.95. The van der Waals surface area contributed by atoms with Gasteiger partial charge in [-0.1, -0.05) is 0 Å². The van der Waals surface area contributed by atoms with Crippen molar-refractivity contribution in [1.29, 1.82) is 0 Å². The molecule has 1 aliphatic rings. The predicted molar refractivity (Wildman–Crippen MR) is 59.9 cm³/mol. The number of rotatable bonds is 2. The van der Waals surface area contributed by atoms with Crippen molar-refractivity contribution in [3.8, 4) is 0 Å². The fourth-order valence-corrected chi connectivity index (χ4v) is 2.77. The first-order valence-electron chi connectivity index (χ1n) is 5.00. The highest BCUT2D eigenvalue weighted by atomic mass is 32.2. The lowest BCUT2D eigenvalue weighted by atomic mass is 10.4. The van der Waals surface area contributed by atoms with Gasteiger partial charge in [0.15, 0.2) is 9.84 Å². The van der Waals surface area contributed by atoms with Gasteiger partial charge >= 0.3 is 5.97 Å². The summed E-state index contributed by atoms with van der Waals surface area (Å²) in [5.74, 6) is -0.890. The van der Waals surface area contributed by atoms with Gasteiger partial charge in [0.2, 0.25) is 5.82 Å². The van der Waals surface area contributed by atoms with E-state index < -0.39 is 15.8 Å². The maximum Gasteiger partial charge on any atom is 0.374 e. The SMILES string of the molecule is O=C(O)c1nccc(N2CCS(=O)(=O)CC2)n1. The second-order valence-corrected chi connectivity index (χ2v) is 5.99. The molecule has 1 saturated heterocycles. The molecule has 92 valence electrons. The molecule has 0 atom stereocenters. The van der Waals surface area contributed by atoms with E-state index in [1.165, 1.54) is 6.20 Å². The number of carbonyl (C=O) groups is 1. The molecule has 0 aromatic carbocycles. The minimum absolute atomic E-state index is 0.0689. The Hall–Kier alpha value is -1.70. The van der Waals surface area contributed by atoms with Gasteiger partial charge in [0.05, 0.1) is 11.5 Å². The summed E-state index contributed by atoms with van der Waals surface area (Å²) in [4.78, 5) is 19.9. The average Bonchev–Trinajstić information content (AvgIpc) is 2.29. The summed E-state index contributed by atoms with van der Waals surface area (Å²) in [5.41, 5.74) is 0. The molecule has 0 saturated carbocycles. The first-order valence-corrected chi connectivity index (χ1v) is 6.82. The van der Waals surface area contributed by atoms with Crippen molar-refractivity contribution in [1.82, 2.24) is 9.97 Å². The number of anilines is 1. The van der Waals surface area contributed by atoms with Gasteiger partial charge < -0.3 is 10.0 Å². The van der Waals surface area contributed by atoms with Crippen LogP contribution in [0.1, 0.15) is 10.6 Å².